The van der Waals surface area contributed by atoms with Gasteiger partial charge in [0.2, 0.25) is 21.8 Å². The van der Waals surface area contributed by atoms with Crippen molar-refractivity contribution in [3.05, 3.63) is 63.1 Å². The predicted octanol–water partition coefficient (Wildman–Crippen LogP) is 5.14. The first-order valence-electron chi connectivity index (χ1n) is 11.2. The zero-order chi connectivity index (χ0) is 26.2. The molecule has 0 saturated heterocycles. The molecule has 1 N–H and O–H groups in total. The van der Waals surface area contributed by atoms with Gasteiger partial charge in [0.05, 0.1) is 22.0 Å². The van der Waals surface area contributed by atoms with E-state index in [0.717, 1.165) is 29.0 Å². The van der Waals surface area contributed by atoms with Gasteiger partial charge in [-0.15, -0.1) is 0 Å². The number of sulfonamides is 1. The second kappa shape index (κ2) is 13.3. The van der Waals surface area contributed by atoms with Crippen LogP contribution in [0.5, 0.6) is 0 Å². The fraction of sp³-hybridized carbons (Fsp3) is 0.417. The molecule has 0 saturated carbocycles. The molecule has 11 heteroatoms. The fourth-order valence-corrected chi connectivity index (χ4v) is 4.73. The van der Waals surface area contributed by atoms with Crippen molar-refractivity contribution in [2.24, 2.45) is 0 Å². The quantitative estimate of drug-likeness (QED) is 0.363. The van der Waals surface area contributed by atoms with E-state index in [1.54, 1.807) is 31.2 Å². The third-order valence-electron chi connectivity index (χ3n) is 5.35. The highest BCUT2D eigenvalue weighted by Gasteiger charge is 2.31. The van der Waals surface area contributed by atoms with Gasteiger partial charge >= 0.3 is 0 Å². The largest absolute Gasteiger partial charge is 0.354 e. The third kappa shape index (κ3) is 8.56. The van der Waals surface area contributed by atoms with Crippen LogP contribution in [0.1, 0.15) is 38.7 Å². The Kier molecular flexibility index (Phi) is 11.1. The number of nitrogens with zero attached hydrogens (tertiary/aromatic N) is 2. The van der Waals surface area contributed by atoms with Crippen molar-refractivity contribution in [1.82, 2.24) is 10.2 Å². The molecule has 0 aliphatic heterocycles. The van der Waals surface area contributed by atoms with Gasteiger partial charge in [0.1, 0.15) is 12.6 Å². The van der Waals surface area contributed by atoms with E-state index in [4.69, 9.17) is 34.8 Å². The van der Waals surface area contributed by atoms with Crippen LogP contribution in [-0.2, 0) is 26.2 Å². The summed E-state index contributed by atoms with van der Waals surface area (Å²) >= 11 is 18.1. The lowest BCUT2D eigenvalue weighted by Crippen LogP contribution is -2.52. The van der Waals surface area contributed by atoms with E-state index in [0.29, 0.717) is 18.0 Å². The standard InChI is InChI=1S/C24H30Cl3N3O4S/c1-4-6-13-28-24(32)22(5-2)29(15-17-7-9-18(25)10-8-17)23(31)16-30(35(3,33)34)19-11-12-20(26)21(27)14-19/h7-12,14,22H,4-6,13,15-16H2,1-3H3,(H,28,32)/t22-/m0/s1. The molecular formula is C24H30Cl3N3O4S. The van der Waals surface area contributed by atoms with Crippen molar-refractivity contribution >= 4 is 62.3 Å². The Balaban J connectivity index is 2.41. The molecule has 7 nitrogen and oxygen atoms in total. The van der Waals surface area contributed by atoms with Gasteiger partial charge in [-0.1, -0.05) is 67.2 Å². The molecule has 0 bridgehead atoms. The highest BCUT2D eigenvalue weighted by atomic mass is 35.5. The SMILES string of the molecule is CCCCNC(=O)[C@H](CC)N(Cc1ccc(Cl)cc1)C(=O)CN(c1ccc(Cl)c(Cl)c1)S(C)(=O)=O. The zero-order valence-corrected chi connectivity index (χ0v) is 23.0. The van der Waals surface area contributed by atoms with Gasteiger partial charge in [0.15, 0.2) is 0 Å². The molecule has 0 unspecified atom stereocenters. The molecule has 1 atom stereocenters. The summed E-state index contributed by atoms with van der Waals surface area (Å²) in [7, 11) is -3.86. The van der Waals surface area contributed by atoms with Gasteiger partial charge in [-0.3, -0.25) is 13.9 Å². The molecule has 0 heterocycles. The molecule has 0 fully saturated rings. The maximum atomic E-state index is 13.6. The number of amides is 2. The van der Waals surface area contributed by atoms with Crippen LogP contribution in [0.15, 0.2) is 42.5 Å². The van der Waals surface area contributed by atoms with E-state index < -0.39 is 28.5 Å². The van der Waals surface area contributed by atoms with Gasteiger partial charge in [0, 0.05) is 18.1 Å². The van der Waals surface area contributed by atoms with E-state index in [-0.39, 0.29) is 28.2 Å². The average Bonchev–Trinajstić information content (AvgIpc) is 2.80. The number of hydrogen-bond acceptors (Lipinski definition) is 4. The van der Waals surface area contributed by atoms with Crippen molar-refractivity contribution in [3.8, 4) is 0 Å². The molecule has 0 aliphatic rings. The van der Waals surface area contributed by atoms with Gasteiger partial charge in [-0.2, -0.15) is 0 Å². The van der Waals surface area contributed by atoms with Crippen LogP contribution in [0, 0.1) is 0 Å². The summed E-state index contributed by atoms with van der Waals surface area (Å²) in [6.45, 7) is 3.91. The molecule has 0 radical (unpaired) electrons. The number of rotatable bonds is 12. The molecule has 2 aromatic rings. The van der Waals surface area contributed by atoms with Gasteiger partial charge < -0.3 is 10.2 Å². The summed E-state index contributed by atoms with van der Waals surface area (Å²) in [5.74, 6) is -0.822. The second-order valence-corrected chi connectivity index (χ2v) is 11.2. The van der Waals surface area contributed by atoms with Crippen LogP contribution in [-0.4, -0.2) is 50.5 Å². The number of carbonyl (C=O) groups excluding carboxylic acids is 2. The summed E-state index contributed by atoms with van der Waals surface area (Å²) in [5.41, 5.74) is 0.949. The highest BCUT2D eigenvalue weighted by molar-refractivity contribution is 7.92. The average molecular weight is 563 g/mol. The molecule has 0 spiro atoms. The zero-order valence-electron chi connectivity index (χ0n) is 19.9. The first-order valence-corrected chi connectivity index (χ1v) is 14.2. The number of anilines is 1. The molecule has 2 amide bonds. The fourth-order valence-electron chi connectivity index (χ4n) is 3.47. The van der Waals surface area contributed by atoms with Crippen LogP contribution in [0.2, 0.25) is 15.1 Å². The van der Waals surface area contributed by atoms with Gasteiger partial charge in [-0.25, -0.2) is 8.42 Å². The minimum atomic E-state index is -3.86. The van der Waals surface area contributed by atoms with E-state index >= 15 is 0 Å². The smallest absolute Gasteiger partial charge is 0.244 e. The number of benzene rings is 2. The molecule has 0 aromatic heterocycles. The first-order chi connectivity index (χ1) is 16.5. The van der Waals surface area contributed by atoms with Gasteiger partial charge in [0.25, 0.3) is 0 Å². The lowest BCUT2D eigenvalue weighted by Gasteiger charge is -2.33. The van der Waals surface area contributed by atoms with E-state index in [2.05, 4.69) is 5.32 Å². The Morgan fingerprint density at radius 1 is 1.00 bits per heavy atom. The lowest BCUT2D eigenvalue weighted by molar-refractivity contribution is -0.140. The molecule has 192 valence electrons. The Morgan fingerprint density at radius 2 is 1.66 bits per heavy atom. The monoisotopic (exact) mass is 561 g/mol. The van der Waals surface area contributed by atoms with Crippen LogP contribution >= 0.6 is 34.8 Å². The lowest BCUT2D eigenvalue weighted by atomic mass is 10.1. The van der Waals surface area contributed by atoms with Crippen LogP contribution < -0.4 is 9.62 Å². The van der Waals surface area contributed by atoms with Crippen molar-refractivity contribution in [3.63, 3.8) is 0 Å². The van der Waals surface area contributed by atoms with Crippen molar-refractivity contribution in [1.29, 1.82) is 0 Å². The van der Waals surface area contributed by atoms with Crippen LogP contribution in [0.4, 0.5) is 5.69 Å². The Bertz CT molecular complexity index is 1130. The summed E-state index contributed by atoms with van der Waals surface area (Å²) in [4.78, 5) is 28.0. The van der Waals surface area contributed by atoms with Crippen molar-refractivity contribution in [2.75, 3.05) is 23.7 Å². The van der Waals surface area contributed by atoms with E-state index in [1.165, 1.54) is 23.1 Å². The van der Waals surface area contributed by atoms with Crippen molar-refractivity contribution in [2.45, 2.75) is 45.7 Å². The number of halogens is 3. The van der Waals surface area contributed by atoms with E-state index in [9.17, 15) is 18.0 Å². The van der Waals surface area contributed by atoms with Gasteiger partial charge in [-0.05, 0) is 48.7 Å². The number of nitrogens with one attached hydrogen (secondary N) is 1. The summed E-state index contributed by atoms with van der Waals surface area (Å²) in [5, 5.41) is 3.83. The summed E-state index contributed by atoms with van der Waals surface area (Å²) in [6, 6.07) is 10.4. The minimum absolute atomic E-state index is 0.106. The maximum absolute atomic E-state index is 13.6. The molecular weight excluding hydrogens is 533 g/mol. The maximum Gasteiger partial charge on any atom is 0.244 e. The molecule has 2 aromatic carbocycles. The predicted molar refractivity (Wildman–Crippen MR) is 143 cm³/mol. The topological polar surface area (TPSA) is 86.8 Å². The van der Waals surface area contributed by atoms with E-state index in [1.807, 2.05) is 6.92 Å². The second-order valence-electron chi connectivity index (χ2n) is 8.08. The minimum Gasteiger partial charge on any atom is -0.354 e. The Morgan fingerprint density at radius 3 is 2.20 bits per heavy atom. The van der Waals surface area contributed by atoms with Crippen molar-refractivity contribution < 1.29 is 18.0 Å². The Labute approximate surface area is 222 Å². The summed E-state index contributed by atoms with van der Waals surface area (Å²) < 4.78 is 26.2. The number of unbranched alkanes of at least 4 members (excludes halogenated alkanes) is 1. The third-order valence-corrected chi connectivity index (χ3v) is 7.48. The highest BCUT2D eigenvalue weighted by Crippen LogP contribution is 2.28. The molecule has 0 aliphatic carbocycles. The number of carbonyl (C=O) groups is 2. The molecule has 2 rings (SSSR count). The normalized spacial score (nSPS) is 12.2. The van der Waals surface area contributed by atoms with Crippen LogP contribution in [0.3, 0.4) is 0 Å². The Hall–Kier alpha value is -2.00. The first kappa shape index (κ1) is 29.2. The van der Waals surface area contributed by atoms with Crippen LogP contribution in [0.25, 0.3) is 0 Å². The number of hydrogen-bond donors (Lipinski definition) is 1. The summed E-state index contributed by atoms with van der Waals surface area (Å²) in [6.07, 6.45) is 3.08. The molecule has 35 heavy (non-hydrogen) atoms.